The van der Waals surface area contributed by atoms with Crippen LogP contribution < -0.4 is 21.5 Å². The van der Waals surface area contributed by atoms with Gasteiger partial charge < -0.3 is 25.1 Å². The van der Waals surface area contributed by atoms with Crippen molar-refractivity contribution >= 4 is 35.0 Å². The summed E-state index contributed by atoms with van der Waals surface area (Å²) in [7, 11) is 1.63. The second-order valence-electron chi connectivity index (χ2n) is 10.2. The number of carbonyl (C=O) groups excluding carboxylic acids is 5. The molecule has 40 heavy (non-hydrogen) atoms. The van der Waals surface area contributed by atoms with E-state index in [1.165, 1.54) is 40.0 Å². The molecule has 0 radical (unpaired) electrons. The Bertz CT molecular complexity index is 1290. The Morgan fingerprint density at radius 1 is 1.12 bits per heavy atom. The van der Waals surface area contributed by atoms with Crippen molar-refractivity contribution in [3.05, 3.63) is 46.9 Å². The van der Waals surface area contributed by atoms with Gasteiger partial charge in [-0.3, -0.25) is 28.8 Å². The molecular formula is C28H38N6O6. The molecule has 12 nitrogen and oxygen atoms in total. The highest BCUT2D eigenvalue weighted by Crippen LogP contribution is 2.30. The highest BCUT2D eigenvalue weighted by Gasteiger charge is 2.34. The second-order valence-corrected chi connectivity index (χ2v) is 10.2. The molecule has 3 N–H and O–H groups in total. The van der Waals surface area contributed by atoms with Crippen molar-refractivity contribution in [3.63, 3.8) is 0 Å². The first-order chi connectivity index (χ1) is 19.1. The van der Waals surface area contributed by atoms with Crippen LogP contribution in [0.25, 0.3) is 0 Å². The van der Waals surface area contributed by atoms with Crippen LogP contribution >= 0.6 is 0 Å². The van der Waals surface area contributed by atoms with Gasteiger partial charge in [0.1, 0.15) is 24.0 Å². The fraction of sp³-hybridized carbons (Fsp3) is 0.536. The molecule has 216 valence electrons. The largest absolute Gasteiger partial charge is 0.354 e. The zero-order valence-electron chi connectivity index (χ0n) is 23.3. The highest BCUT2D eigenvalue weighted by molar-refractivity contribution is 6.38. The third kappa shape index (κ3) is 8.45. The molecule has 0 saturated heterocycles. The van der Waals surface area contributed by atoms with E-state index >= 15 is 0 Å². The van der Waals surface area contributed by atoms with Gasteiger partial charge >= 0.3 is 0 Å². The standard InChI is InChI=1S/C28H38N6O6/c1-4-18(5-2)14-30-24(36)16-34-13-7-9-21(28(34)40)32-26(38)20(31-27(39)22-15-29-17-33(22)3)8-6-10-23(35)25(37)19-11-12-19/h7,9,13,15,17-20H,4-6,8,10-12,14,16H2,1-3H3,(H,30,36)(H,31,39)(H,32,38)/t20-/m0/s1. The van der Waals surface area contributed by atoms with Crippen LogP contribution in [-0.4, -0.2) is 56.0 Å². The molecular weight excluding hydrogens is 516 g/mol. The normalized spacial score (nSPS) is 13.5. The predicted molar refractivity (Wildman–Crippen MR) is 147 cm³/mol. The van der Waals surface area contributed by atoms with Crippen LogP contribution in [0, 0.1) is 11.8 Å². The summed E-state index contributed by atoms with van der Waals surface area (Å²) in [6.45, 7) is 4.41. The summed E-state index contributed by atoms with van der Waals surface area (Å²) >= 11 is 0. The lowest BCUT2D eigenvalue weighted by atomic mass is 10.0. The fourth-order valence-corrected chi connectivity index (χ4v) is 4.26. The number of carbonyl (C=O) groups is 5. The van der Waals surface area contributed by atoms with E-state index in [4.69, 9.17) is 0 Å². The Hall–Kier alpha value is -4.09. The van der Waals surface area contributed by atoms with E-state index in [2.05, 4.69) is 34.8 Å². The number of nitrogens with one attached hydrogen (secondary N) is 3. The molecule has 1 fully saturated rings. The average Bonchev–Trinajstić information content (AvgIpc) is 3.69. The molecule has 1 atom stereocenters. The maximum Gasteiger partial charge on any atom is 0.274 e. The Balaban J connectivity index is 1.67. The average molecular weight is 555 g/mol. The number of pyridine rings is 1. The van der Waals surface area contributed by atoms with E-state index in [0.29, 0.717) is 12.5 Å². The lowest BCUT2D eigenvalue weighted by Gasteiger charge is -2.19. The molecule has 0 spiro atoms. The summed E-state index contributed by atoms with van der Waals surface area (Å²) in [5.41, 5.74) is -0.408. The van der Waals surface area contributed by atoms with Crippen LogP contribution in [-0.2, 0) is 32.8 Å². The minimum absolute atomic E-state index is 0.0368. The summed E-state index contributed by atoms with van der Waals surface area (Å²) in [6, 6.07) is 1.86. The number of nitrogens with zero attached hydrogens (tertiary/aromatic N) is 3. The van der Waals surface area contributed by atoms with Crippen LogP contribution in [0.5, 0.6) is 0 Å². The fourth-order valence-electron chi connectivity index (χ4n) is 4.26. The van der Waals surface area contributed by atoms with Crippen molar-refractivity contribution in [2.45, 2.75) is 71.4 Å². The van der Waals surface area contributed by atoms with Crippen LogP contribution in [0.15, 0.2) is 35.6 Å². The van der Waals surface area contributed by atoms with Crippen LogP contribution in [0.3, 0.4) is 0 Å². The Morgan fingerprint density at radius 3 is 2.48 bits per heavy atom. The third-order valence-corrected chi connectivity index (χ3v) is 7.13. The predicted octanol–water partition coefficient (Wildman–Crippen LogP) is 1.59. The van der Waals surface area contributed by atoms with Crippen molar-refractivity contribution in [2.24, 2.45) is 18.9 Å². The minimum Gasteiger partial charge on any atom is -0.354 e. The first-order valence-corrected chi connectivity index (χ1v) is 13.8. The number of hydrogen-bond donors (Lipinski definition) is 3. The van der Waals surface area contributed by atoms with Gasteiger partial charge in [-0.25, -0.2) is 4.98 Å². The molecule has 0 aliphatic heterocycles. The summed E-state index contributed by atoms with van der Waals surface area (Å²) in [5.74, 6) is -2.22. The molecule has 0 bridgehead atoms. The van der Waals surface area contributed by atoms with Crippen molar-refractivity contribution in [2.75, 3.05) is 11.9 Å². The lowest BCUT2D eigenvalue weighted by Crippen LogP contribution is -2.45. The van der Waals surface area contributed by atoms with Crippen LogP contribution in [0.2, 0.25) is 0 Å². The highest BCUT2D eigenvalue weighted by atomic mass is 16.2. The van der Waals surface area contributed by atoms with Gasteiger partial charge in [0.25, 0.3) is 11.5 Å². The number of anilines is 1. The molecule has 3 amide bonds. The van der Waals surface area contributed by atoms with Gasteiger partial charge in [-0.15, -0.1) is 0 Å². The summed E-state index contributed by atoms with van der Waals surface area (Å²) in [6.07, 6.45) is 7.79. The zero-order chi connectivity index (χ0) is 29.2. The number of aromatic nitrogens is 3. The quantitative estimate of drug-likeness (QED) is 0.266. The van der Waals surface area contributed by atoms with E-state index in [9.17, 15) is 28.8 Å². The molecule has 3 rings (SSSR count). The molecule has 0 aromatic carbocycles. The molecule has 2 aromatic heterocycles. The smallest absolute Gasteiger partial charge is 0.274 e. The second kappa shape index (κ2) is 14.3. The molecule has 2 heterocycles. The van der Waals surface area contributed by atoms with Crippen molar-refractivity contribution < 1.29 is 24.0 Å². The SMILES string of the molecule is CCC(CC)CNC(=O)Cn1cccc(NC(=O)[C@H](CCCC(=O)C(=O)C2CC2)NC(=O)c2cncn2C)c1=O. The molecule has 1 saturated carbocycles. The summed E-state index contributed by atoms with van der Waals surface area (Å²) < 4.78 is 2.69. The van der Waals surface area contributed by atoms with Gasteiger partial charge in [-0.1, -0.05) is 26.7 Å². The van der Waals surface area contributed by atoms with Gasteiger partial charge in [0.2, 0.25) is 17.6 Å². The summed E-state index contributed by atoms with van der Waals surface area (Å²) in [4.78, 5) is 79.5. The van der Waals surface area contributed by atoms with Gasteiger partial charge in [-0.2, -0.15) is 0 Å². The van der Waals surface area contributed by atoms with Gasteiger partial charge in [0, 0.05) is 32.1 Å². The Labute approximate surface area is 232 Å². The number of amides is 3. The Morgan fingerprint density at radius 2 is 1.85 bits per heavy atom. The van der Waals surface area contributed by atoms with Crippen molar-refractivity contribution in [1.82, 2.24) is 24.8 Å². The van der Waals surface area contributed by atoms with Crippen LogP contribution in [0.4, 0.5) is 5.69 Å². The number of imidazole rings is 1. The number of Topliss-reactive ketones (excluding diaryl/α,β-unsaturated/α-hetero) is 2. The molecule has 1 aliphatic carbocycles. The topological polar surface area (TPSA) is 161 Å². The van der Waals surface area contributed by atoms with Gasteiger partial charge in [0.15, 0.2) is 5.78 Å². The molecule has 1 aliphatic rings. The van der Waals surface area contributed by atoms with Gasteiger partial charge in [-0.05, 0) is 43.7 Å². The van der Waals surface area contributed by atoms with E-state index in [1.54, 1.807) is 7.05 Å². The Kier molecular flexibility index (Phi) is 10.9. The van der Waals surface area contributed by atoms with Crippen molar-refractivity contribution in [1.29, 1.82) is 0 Å². The lowest BCUT2D eigenvalue weighted by molar-refractivity contribution is -0.137. The zero-order valence-corrected chi connectivity index (χ0v) is 23.3. The molecule has 2 aromatic rings. The third-order valence-electron chi connectivity index (χ3n) is 7.13. The summed E-state index contributed by atoms with van der Waals surface area (Å²) in [5, 5.41) is 8.03. The molecule has 12 heteroatoms. The number of aryl methyl sites for hydroxylation is 1. The van der Waals surface area contributed by atoms with E-state index in [1.807, 2.05) is 0 Å². The minimum atomic E-state index is -1.09. The number of rotatable bonds is 16. The van der Waals surface area contributed by atoms with Crippen molar-refractivity contribution in [3.8, 4) is 0 Å². The maximum atomic E-state index is 13.2. The van der Waals surface area contributed by atoms with Gasteiger partial charge in [0.05, 0.1) is 12.5 Å². The number of ketones is 2. The van der Waals surface area contributed by atoms with E-state index in [0.717, 1.165) is 25.7 Å². The first kappa shape index (κ1) is 30.5. The first-order valence-electron chi connectivity index (χ1n) is 13.8. The monoisotopic (exact) mass is 554 g/mol. The van der Waals surface area contributed by atoms with E-state index in [-0.39, 0.29) is 54.8 Å². The van der Waals surface area contributed by atoms with E-state index < -0.39 is 29.2 Å². The van der Waals surface area contributed by atoms with Crippen LogP contribution in [0.1, 0.15) is 69.3 Å². The maximum absolute atomic E-state index is 13.2. The number of hydrogen-bond acceptors (Lipinski definition) is 7. The molecule has 0 unspecified atom stereocenters.